The lowest BCUT2D eigenvalue weighted by atomic mass is 10.1. The van der Waals surface area contributed by atoms with Gasteiger partial charge in [-0.2, -0.15) is 0 Å². The van der Waals surface area contributed by atoms with Crippen LogP contribution in [0.5, 0.6) is 0 Å². The van der Waals surface area contributed by atoms with Crippen molar-refractivity contribution in [3.05, 3.63) is 0 Å². The van der Waals surface area contributed by atoms with Gasteiger partial charge in [-0.05, 0) is 6.42 Å². The van der Waals surface area contributed by atoms with E-state index in [-0.39, 0.29) is 0 Å². The second kappa shape index (κ2) is 10.2. The quantitative estimate of drug-likeness (QED) is 0.513. The fraction of sp³-hybridized carbons (Fsp3) is 1.00. The highest BCUT2D eigenvalue weighted by atomic mass is 35.5. The van der Waals surface area contributed by atoms with Crippen molar-refractivity contribution in [2.75, 3.05) is 6.61 Å². The third kappa shape index (κ3) is 10.2. The molecule has 11 heavy (non-hydrogen) atoms. The molecule has 0 unspecified atom stereocenters. The predicted octanol–water partition coefficient (Wildman–Crippen LogP) is 3.91. The van der Waals surface area contributed by atoms with Crippen LogP contribution in [-0.4, -0.2) is 6.61 Å². The molecule has 2 heteroatoms. The van der Waals surface area contributed by atoms with Crippen LogP contribution >= 0.6 is 11.9 Å². The molecule has 0 aromatic carbocycles. The van der Waals surface area contributed by atoms with Gasteiger partial charge >= 0.3 is 0 Å². The summed E-state index contributed by atoms with van der Waals surface area (Å²) in [5.74, 6) is 0. The zero-order valence-corrected chi connectivity index (χ0v) is 8.20. The van der Waals surface area contributed by atoms with E-state index in [4.69, 9.17) is 11.9 Å². The number of hydrogen-bond acceptors (Lipinski definition) is 1. The first kappa shape index (κ1) is 11.2. The minimum absolute atomic E-state index is 0.704. The number of hydrogen-bond donors (Lipinski definition) is 0. The van der Waals surface area contributed by atoms with Gasteiger partial charge in [0.1, 0.15) is 0 Å². The fourth-order valence-electron chi connectivity index (χ4n) is 1.11. The van der Waals surface area contributed by atoms with E-state index in [0.29, 0.717) is 6.61 Å². The van der Waals surface area contributed by atoms with Crippen LogP contribution in [0.25, 0.3) is 0 Å². The van der Waals surface area contributed by atoms with E-state index in [9.17, 15) is 0 Å². The first-order valence-corrected chi connectivity index (χ1v) is 4.96. The monoisotopic (exact) mass is 178 g/mol. The SMILES string of the molecule is CCCCCCCCCOCl. The second-order valence-electron chi connectivity index (χ2n) is 2.93. The average molecular weight is 179 g/mol. The van der Waals surface area contributed by atoms with Crippen LogP contribution in [0, 0.1) is 0 Å². The van der Waals surface area contributed by atoms with Crippen LogP contribution in [0.15, 0.2) is 0 Å². The van der Waals surface area contributed by atoms with Crippen molar-refractivity contribution < 1.29 is 4.29 Å². The van der Waals surface area contributed by atoms with Crippen molar-refractivity contribution in [2.45, 2.75) is 51.9 Å². The summed E-state index contributed by atoms with van der Waals surface area (Å²) in [5, 5.41) is 0. The Hall–Kier alpha value is 0.250. The molecule has 0 radical (unpaired) electrons. The molecular weight excluding hydrogens is 160 g/mol. The summed E-state index contributed by atoms with van der Waals surface area (Å²) in [4.78, 5) is 0. The van der Waals surface area contributed by atoms with Crippen molar-refractivity contribution in [1.82, 2.24) is 0 Å². The summed E-state index contributed by atoms with van der Waals surface area (Å²) < 4.78 is 4.44. The third-order valence-electron chi connectivity index (χ3n) is 1.83. The highest BCUT2D eigenvalue weighted by Gasteiger charge is 1.89. The van der Waals surface area contributed by atoms with Crippen molar-refractivity contribution in [2.24, 2.45) is 0 Å². The summed E-state index contributed by atoms with van der Waals surface area (Å²) in [6, 6.07) is 0. The fourth-order valence-corrected chi connectivity index (χ4v) is 1.22. The van der Waals surface area contributed by atoms with E-state index in [1.54, 1.807) is 0 Å². The van der Waals surface area contributed by atoms with E-state index in [1.165, 1.54) is 38.5 Å². The molecule has 0 spiro atoms. The average Bonchev–Trinajstić information content (AvgIpc) is 2.03. The maximum Gasteiger partial charge on any atom is 0.0682 e. The van der Waals surface area contributed by atoms with Gasteiger partial charge in [-0.25, -0.2) is 0 Å². The molecule has 0 aromatic heterocycles. The lowest BCUT2D eigenvalue weighted by molar-refractivity contribution is 0.334. The van der Waals surface area contributed by atoms with Crippen molar-refractivity contribution in [3.63, 3.8) is 0 Å². The molecule has 0 amide bonds. The van der Waals surface area contributed by atoms with Gasteiger partial charge in [0.2, 0.25) is 0 Å². The van der Waals surface area contributed by atoms with Gasteiger partial charge in [-0.1, -0.05) is 45.4 Å². The van der Waals surface area contributed by atoms with Crippen LogP contribution in [0.1, 0.15) is 51.9 Å². The normalized spacial score (nSPS) is 10.4. The lowest BCUT2D eigenvalue weighted by Crippen LogP contribution is -1.84. The maximum absolute atomic E-state index is 5.06. The summed E-state index contributed by atoms with van der Waals surface area (Å²) >= 11 is 5.06. The smallest absolute Gasteiger partial charge is 0.0682 e. The Kier molecular flexibility index (Phi) is 10.5. The van der Waals surface area contributed by atoms with Gasteiger partial charge in [0.05, 0.1) is 18.5 Å². The Morgan fingerprint density at radius 2 is 1.45 bits per heavy atom. The van der Waals surface area contributed by atoms with E-state index >= 15 is 0 Å². The molecule has 0 aliphatic heterocycles. The summed E-state index contributed by atoms with van der Waals surface area (Å²) in [6.07, 6.45) is 9.16. The Labute approximate surface area is 75.2 Å². The van der Waals surface area contributed by atoms with Crippen LogP contribution in [0.2, 0.25) is 0 Å². The molecular formula is C9H19ClO. The van der Waals surface area contributed by atoms with E-state index in [0.717, 1.165) is 6.42 Å². The van der Waals surface area contributed by atoms with E-state index in [2.05, 4.69) is 11.2 Å². The molecule has 0 N–H and O–H groups in total. The number of rotatable bonds is 8. The van der Waals surface area contributed by atoms with Gasteiger partial charge in [0.15, 0.2) is 0 Å². The summed E-state index contributed by atoms with van der Waals surface area (Å²) in [5.41, 5.74) is 0. The predicted molar refractivity (Wildman–Crippen MR) is 49.8 cm³/mol. The number of unbranched alkanes of at least 4 members (excludes halogenated alkanes) is 6. The molecule has 1 nitrogen and oxygen atoms in total. The molecule has 0 fully saturated rings. The van der Waals surface area contributed by atoms with Crippen LogP contribution < -0.4 is 0 Å². The van der Waals surface area contributed by atoms with Crippen LogP contribution in [0.3, 0.4) is 0 Å². The topological polar surface area (TPSA) is 9.23 Å². The number of halogens is 1. The van der Waals surface area contributed by atoms with Crippen LogP contribution in [-0.2, 0) is 4.29 Å². The van der Waals surface area contributed by atoms with Crippen molar-refractivity contribution in [3.8, 4) is 0 Å². The van der Waals surface area contributed by atoms with Gasteiger partial charge in [0, 0.05) is 0 Å². The molecule has 0 bridgehead atoms. The van der Waals surface area contributed by atoms with E-state index in [1.807, 2.05) is 0 Å². The maximum atomic E-state index is 5.06. The van der Waals surface area contributed by atoms with Gasteiger partial charge in [0.25, 0.3) is 0 Å². The largest absolute Gasteiger partial charge is 0.279 e. The van der Waals surface area contributed by atoms with Crippen molar-refractivity contribution in [1.29, 1.82) is 0 Å². The second-order valence-corrected chi connectivity index (χ2v) is 3.15. The zero-order valence-electron chi connectivity index (χ0n) is 7.44. The molecule has 68 valence electrons. The lowest BCUT2D eigenvalue weighted by Gasteiger charge is -1.98. The third-order valence-corrected chi connectivity index (χ3v) is 1.98. The van der Waals surface area contributed by atoms with E-state index < -0.39 is 0 Å². The van der Waals surface area contributed by atoms with Gasteiger partial charge < -0.3 is 0 Å². The molecule has 0 aliphatic rings. The Balaban J connectivity index is 2.69. The Morgan fingerprint density at radius 3 is 2.00 bits per heavy atom. The zero-order chi connectivity index (χ0) is 8.36. The standard InChI is InChI=1S/C9H19ClO/c1-2-3-4-5-6-7-8-9-11-10/h2-9H2,1H3. The Morgan fingerprint density at radius 1 is 0.909 bits per heavy atom. The van der Waals surface area contributed by atoms with Crippen molar-refractivity contribution >= 4 is 11.9 Å². The molecule has 0 saturated carbocycles. The van der Waals surface area contributed by atoms with Crippen LogP contribution in [0.4, 0.5) is 0 Å². The molecule has 0 rings (SSSR count). The minimum Gasteiger partial charge on any atom is -0.279 e. The first-order chi connectivity index (χ1) is 5.41. The van der Waals surface area contributed by atoms with Gasteiger partial charge in [-0.15, -0.1) is 0 Å². The molecule has 0 atom stereocenters. The summed E-state index contributed by atoms with van der Waals surface area (Å²) in [7, 11) is 0. The molecule has 0 saturated heterocycles. The Bertz CT molecular complexity index is 58.6. The molecule has 0 heterocycles. The first-order valence-electron chi connectivity index (χ1n) is 4.65. The highest BCUT2D eigenvalue weighted by molar-refractivity contribution is 6.07. The minimum atomic E-state index is 0.704. The highest BCUT2D eigenvalue weighted by Crippen LogP contribution is 2.06. The molecule has 0 aliphatic carbocycles. The van der Waals surface area contributed by atoms with Gasteiger partial charge in [-0.3, -0.25) is 4.29 Å². The summed E-state index contributed by atoms with van der Waals surface area (Å²) in [6.45, 7) is 2.94. The molecule has 0 aromatic rings.